The molecule has 0 bridgehead atoms. The fourth-order valence-corrected chi connectivity index (χ4v) is 3.31. The smallest absolute Gasteiger partial charge is 0.308 e. The van der Waals surface area contributed by atoms with Crippen molar-refractivity contribution in [3.63, 3.8) is 0 Å². The Balaban J connectivity index is 2.04. The van der Waals surface area contributed by atoms with Crippen LogP contribution in [0.5, 0.6) is 0 Å². The third kappa shape index (κ3) is 1.63. The third-order valence-electron chi connectivity index (χ3n) is 3.73. The maximum atomic E-state index is 11.2. The van der Waals surface area contributed by atoms with Crippen molar-refractivity contribution >= 4 is 18.2 Å². The number of nitrogens with one attached hydrogen (secondary N) is 1. The molecule has 1 aromatic heterocycles. The van der Waals surface area contributed by atoms with Gasteiger partial charge in [-0.1, -0.05) is 6.42 Å². The van der Waals surface area contributed by atoms with Crippen LogP contribution in [0.3, 0.4) is 0 Å². The Morgan fingerprint density at radius 1 is 1.47 bits per heavy atom. The minimum absolute atomic E-state index is 0.0123. The van der Waals surface area contributed by atoms with E-state index < -0.39 is 5.97 Å². The number of aromatic nitrogens is 2. The van der Waals surface area contributed by atoms with Gasteiger partial charge in [0.05, 0.1) is 30.5 Å². The number of hydrogen-bond acceptors (Lipinski definition) is 3. The molecule has 2 aliphatic rings. The van der Waals surface area contributed by atoms with Gasteiger partial charge in [0.25, 0.3) is 0 Å². The lowest BCUT2D eigenvalue weighted by atomic mass is 10.0. The molecular weight excluding hydrogens is 240 g/mol. The van der Waals surface area contributed by atoms with Gasteiger partial charge in [0, 0.05) is 6.04 Å². The average molecular weight is 254 g/mol. The van der Waals surface area contributed by atoms with Crippen molar-refractivity contribution in [3.05, 3.63) is 16.2 Å². The molecule has 1 aliphatic heterocycles. The second-order valence-corrected chi connectivity index (χ2v) is 5.05. The molecule has 2 heterocycles. The van der Waals surface area contributed by atoms with Crippen LogP contribution in [0.15, 0.2) is 0 Å². The van der Waals surface area contributed by atoms with Crippen molar-refractivity contribution < 1.29 is 14.6 Å². The second-order valence-electron chi connectivity index (χ2n) is 4.66. The minimum atomic E-state index is -0.719. The highest BCUT2D eigenvalue weighted by Crippen LogP contribution is 2.38. The highest BCUT2D eigenvalue weighted by Gasteiger charge is 2.36. The number of fused-ring (bicyclic) bond motifs is 1. The molecule has 0 radical (unpaired) electrons. The molecule has 2 N–H and O–H groups in total. The second kappa shape index (κ2) is 3.96. The maximum Gasteiger partial charge on any atom is 0.308 e. The molecule has 1 aromatic rings. The van der Waals surface area contributed by atoms with Gasteiger partial charge in [0.15, 0.2) is 4.77 Å². The summed E-state index contributed by atoms with van der Waals surface area (Å²) in [7, 11) is 0. The first-order valence-corrected chi connectivity index (χ1v) is 6.22. The molecule has 1 saturated carbocycles. The minimum Gasteiger partial charge on any atom is -0.481 e. The van der Waals surface area contributed by atoms with E-state index in [2.05, 4.69) is 4.98 Å². The Kier molecular flexibility index (Phi) is 2.56. The molecule has 0 amide bonds. The van der Waals surface area contributed by atoms with Gasteiger partial charge in [-0.3, -0.25) is 4.79 Å². The van der Waals surface area contributed by atoms with Gasteiger partial charge >= 0.3 is 5.97 Å². The summed E-state index contributed by atoms with van der Waals surface area (Å²) in [5.74, 6) is -1.04. The van der Waals surface area contributed by atoms with E-state index in [0.717, 1.165) is 30.7 Å². The lowest BCUT2D eigenvalue weighted by Gasteiger charge is -2.19. The number of imidazole rings is 1. The van der Waals surface area contributed by atoms with E-state index in [1.54, 1.807) is 0 Å². The zero-order valence-corrected chi connectivity index (χ0v) is 10.1. The molecule has 1 aliphatic carbocycles. The molecule has 2 atom stereocenters. The van der Waals surface area contributed by atoms with Crippen molar-refractivity contribution in [1.29, 1.82) is 0 Å². The number of hydrogen-bond donors (Lipinski definition) is 2. The third-order valence-corrected chi connectivity index (χ3v) is 4.03. The number of aromatic amines is 1. The van der Waals surface area contributed by atoms with Crippen LogP contribution in [0, 0.1) is 10.7 Å². The quantitative estimate of drug-likeness (QED) is 0.792. The monoisotopic (exact) mass is 254 g/mol. The maximum absolute atomic E-state index is 11.2. The Labute approximate surface area is 103 Å². The first kappa shape index (κ1) is 11.0. The normalized spacial score (nSPS) is 27.3. The Hall–Kier alpha value is -1.14. The summed E-state index contributed by atoms with van der Waals surface area (Å²) in [4.78, 5) is 14.4. The van der Waals surface area contributed by atoms with E-state index >= 15 is 0 Å². The molecule has 92 valence electrons. The standard InChI is InChI=1S/C11H14N2O3S/c14-10(15)6-2-1-3-8(6)13-9-5-16-4-7(9)12-11(13)17/h6,8H,1-5H2,(H,12,17)(H,14,15). The molecular formula is C11H14N2O3S. The fraction of sp³-hybridized carbons (Fsp3) is 0.636. The molecule has 17 heavy (non-hydrogen) atoms. The van der Waals surface area contributed by atoms with Gasteiger partial charge in [0.2, 0.25) is 0 Å². The first-order valence-electron chi connectivity index (χ1n) is 5.81. The number of aliphatic carboxylic acids is 1. The van der Waals surface area contributed by atoms with Crippen molar-refractivity contribution in [3.8, 4) is 0 Å². The zero-order valence-electron chi connectivity index (χ0n) is 9.31. The average Bonchev–Trinajstić information content (AvgIpc) is 2.91. The molecule has 3 rings (SSSR count). The summed E-state index contributed by atoms with van der Waals surface area (Å²) < 4.78 is 7.97. The van der Waals surface area contributed by atoms with Gasteiger partial charge in [-0.15, -0.1) is 0 Å². The number of ether oxygens (including phenoxy) is 1. The number of H-pyrrole nitrogens is 1. The molecule has 2 unspecified atom stereocenters. The van der Waals surface area contributed by atoms with Gasteiger partial charge in [-0.05, 0) is 25.1 Å². The van der Waals surface area contributed by atoms with Crippen LogP contribution in [0.4, 0.5) is 0 Å². The fourth-order valence-electron chi connectivity index (χ4n) is 2.94. The van der Waals surface area contributed by atoms with Crippen LogP contribution >= 0.6 is 12.2 Å². The van der Waals surface area contributed by atoms with Crippen LogP contribution in [0.25, 0.3) is 0 Å². The summed E-state index contributed by atoms with van der Waals surface area (Å²) in [6.45, 7) is 1.09. The molecule has 5 nitrogen and oxygen atoms in total. The van der Waals surface area contributed by atoms with Crippen molar-refractivity contribution in [2.24, 2.45) is 5.92 Å². The largest absolute Gasteiger partial charge is 0.481 e. The Morgan fingerprint density at radius 3 is 3.06 bits per heavy atom. The van der Waals surface area contributed by atoms with Crippen molar-refractivity contribution in [2.75, 3.05) is 0 Å². The lowest BCUT2D eigenvalue weighted by Crippen LogP contribution is -2.23. The summed E-state index contributed by atoms with van der Waals surface area (Å²) >= 11 is 5.30. The zero-order chi connectivity index (χ0) is 12.0. The van der Waals surface area contributed by atoms with E-state index in [1.165, 1.54) is 0 Å². The first-order chi connectivity index (χ1) is 8.18. The predicted octanol–water partition coefficient (Wildman–Crippen LogP) is 2.00. The van der Waals surface area contributed by atoms with Gasteiger partial charge in [0.1, 0.15) is 0 Å². The predicted molar refractivity (Wildman–Crippen MR) is 62.1 cm³/mol. The van der Waals surface area contributed by atoms with Crippen LogP contribution < -0.4 is 0 Å². The molecule has 1 fully saturated rings. The van der Waals surface area contributed by atoms with E-state index in [0.29, 0.717) is 18.0 Å². The van der Waals surface area contributed by atoms with Crippen molar-refractivity contribution in [1.82, 2.24) is 9.55 Å². The highest BCUT2D eigenvalue weighted by atomic mass is 32.1. The highest BCUT2D eigenvalue weighted by molar-refractivity contribution is 7.71. The number of rotatable bonds is 2. The van der Waals surface area contributed by atoms with Gasteiger partial charge in [-0.25, -0.2) is 0 Å². The summed E-state index contributed by atoms with van der Waals surface area (Å²) in [6.07, 6.45) is 2.57. The van der Waals surface area contributed by atoms with Crippen LogP contribution in [-0.4, -0.2) is 20.6 Å². The number of carboxylic acids is 1. The van der Waals surface area contributed by atoms with Crippen molar-refractivity contribution in [2.45, 2.75) is 38.5 Å². The molecule has 6 heteroatoms. The lowest BCUT2D eigenvalue weighted by molar-refractivity contribution is -0.142. The summed E-state index contributed by atoms with van der Waals surface area (Å²) in [5.41, 5.74) is 2.04. The number of carboxylic acid groups (broad SMARTS) is 1. The number of nitrogens with zero attached hydrogens (tertiary/aromatic N) is 1. The van der Waals surface area contributed by atoms with E-state index in [9.17, 15) is 9.90 Å². The van der Waals surface area contributed by atoms with E-state index in [4.69, 9.17) is 17.0 Å². The Morgan fingerprint density at radius 2 is 2.29 bits per heavy atom. The SMILES string of the molecule is O=C(O)C1CCCC1n1c2c([nH]c1=S)COC2. The van der Waals surface area contributed by atoms with Crippen LogP contribution in [0.2, 0.25) is 0 Å². The summed E-state index contributed by atoms with van der Waals surface area (Å²) in [6, 6.07) is -0.0123. The molecule has 0 saturated heterocycles. The van der Waals surface area contributed by atoms with Crippen LogP contribution in [0.1, 0.15) is 36.7 Å². The van der Waals surface area contributed by atoms with Gasteiger partial charge in [-0.2, -0.15) is 0 Å². The summed E-state index contributed by atoms with van der Waals surface area (Å²) in [5, 5.41) is 9.23. The molecule has 0 aromatic carbocycles. The number of carbonyl (C=O) groups is 1. The van der Waals surface area contributed by atoms with Gasteiger partial charge < -0.3 is 19.4 Å². The van der Waals surface area contributed by atoms with Crippen LogP contribution in [-0.2, 0) is 22.7 Å². The molecule has 0 spiro atoms. The Bertz CT molecular complexity index is 519. The topological polar surface area (TPSA) is 67.2 Å². The van der Waals surface area contributed by atoms with E-state index in [1.807, 2.05) is 4.57 Å². The van der Waals surface area contributed by atoms with E-state index in [-0.39, 0.29) is 12.0 Å².